The van der Waals surface area contributed by atoms with Crippen molar-refractivity contribution in [3.63, 3.8) is 0 Å². The number of aromatic amines is 1. The van der Waals surface area contributed by atoms with E-state index in [0.29, 0.717) is 0 Å². The maximum Gasteiger partial charge on any atom is 0.338 e. The second kappa shape index (κ2) is 4.93. The van der Waals surface area contributed by atoms with Crippen LogP contribution in [0.1, 0.15) is 15.9 Å². The largest absolute Gasteiger partial charge is 0.478 e. The molecule has 0 fully saturated rings. The summed E-state index contributed by atoms with van der Waals surface area (Å²) in [7, 11) is -4.05. The number of nitrogens with zero attached hydrogens (tertiary/aromatic N) is 1. The van der Waals surface area contributed by atoms with Crippen LogP contribution >= 0.6 is 0 Å². The molecule has 3 N–H and O–H groups in total. The third-order valence-corrected chi connectivity index (χ3v) is 3.82. The number of sulfonamides is 1. The lowest BCUT2D eigenvalue weighted by atomic mass is 10.1. The number of benzene rings is 1. The Morgan fingerprint density at radius 1 is 1.45 bits per heavy atom. The smallest absolute Gasteiger partial charge is 0.338 e. The van der Waals surface area contributed by atoms with E-state index in [0.717, 1.165) is 12.1 Å². The summed E-state index contributed by atoms with van der Waals surface area (Å²) in [5, 5.41) is 8.86. The van der Waals surface area contributed by atoms with Gasteiger partial charge in [0, 0.05) is 12.4 Å². The molecule has 1 aromatic carbocycles. The topological polar surface area (TPSA) is 112 Å². The van der Waals surface area contributed by atoms with Gasteiger partial charge in [-0.15, -0.1) is 0 Å². The summed E-state index contributed by atoms with van der Waals surface area (Å²) in [6.45, 7) is 1.29. The highest BCUT2D eigenvalue weighted by Gasteiger charge is 2.21. The van der Waals surface area contributed by atoms with Gasteiger partial charge >= 0.3 is 5.97 Å². The number of halogens is 1. The number of aromatic nitrogens is 2. The molecule has 0 aliphatic heterocycles. The van der Waals surface area contributed by atoms with E-state index in [4.69, 9.17) is 5.11 Å². The van der Waals surface area contributed by atoms with Crippen molar-refractivity contribution in [2.45, 2.75) is 11.8 Å². The quantitative estimate of drug-likeness (QED) is 0.789. The molecule has 0 radical (unpaired) electrons. The van der Waals surface area contributed by atoms with E-state index in [9.17, 15) is 17.6 Å². The number of hydrogen-bond acceptors (Lipinski definition) is 4. The van der Waals surface area contributed by atoms with E-state index >= 15 is 0 Å². The van der Waals surface area contributed by atoms with Crippen molar-refractivity contribution in [2.75, 3.05) is 4.72 Å². The van der Waals surface area contributed by atoms with Gasteiger partial charge in [0.25, 0.3) is 10.0 Å². The number of hydrogen-bond donors (Lipinski definition) is 3. The molecule has 0 bridgehead atoms. The summed E-state index contributed by atoms with van der Waals surface area (Å²) in [4.78, 5) is 16.8. The molecule has 0 spiro atoms. The van der Waals surface area contributed by atoms with Crippen LogP contribution in [0.25, 0.3) is 0 Å². The summed E-state index contributed by atoms with van der Waals surface area (Å²) in [5.41, 5.74) is -0.783. The van der Waals surface area contributed by atoms with Crippen molar-refractivity contribution < 1.29 is 22.7 Å². The van der Waals surface area contributed by atoms with Crippen LogP contribution in [0, 0.1) is 12.7 Å². The zero-order valence-corrected chi connectivity index (χ0v) is 11.0. The Morgan fingerprint density at radius 2 is 2.15 bits per heavy atom. The predicted molar refractivity (Wildman–Crippen MR) is 67.5 cm³/mol. The molecule has 2 aromatic rings. The van der Waals surface area contributed by atoms with Crippen LogP contribution in [0.2, 0.25) is 0 Å². The molecule has 0 amide bonds. The first-order valence-corrected chi connectivity index (χ1v) is 6.85. The maximum atomic E-state index is 13.6. The van der Waals surface area contributed by atoms with Crippen LogP contribution in [0.4, 0.5) is 10.3 Å². The first-order chi connectivity index (χ1) is 9.31. The average molecular weight is 299 g/mol. The van der Waals surface area contributed by atoms with Crippen LogP contribution in [-0.2, 0) is 10.0 Å². The number of aryl methyl sites for hydroxylation is 1. The molecule has 7 nitrogen and oxygen atoms in total. The molecular weight excluding hydrogens is 289 g/mol. The highest BCUT2D eigenvalue weighted by Crippen LogP contribution is 2.20. The molecule has 2 rings (SSSR count). The number of carboxylic acid groups (broad SMARTS) is 1. The Morgan fingerprint density at radius 3 is 2.70 bits per heavy atom. The normalized spacial score (nSPS) is 11.3. The zero-order valence-electron chi connectivity index (χ0n) is 10.2. The highest BCUT2D eigenvalue weighted by molar-refractivity contribution is 7.92. The van der Waals surface area contributed by atoms with E-state index in [1.807, 2.05) is 0 Å². The SMILES string of the molecule is Cc1cc(S(=O)(=O)Nc2ncc[nH]2)cc(C(=O)O)c1F. The molecule has 0 aliphatic rings. The van der Waals surface area contributed by atoms with Crippen molar-refractivity contribution in [3.05, 3.63) is 41.5 Å². The van der Waals surface area contributed by atoms with Gasteiger partial charge in [0.2, 0.25) is 5.95 Å². The number of H-pyrrole nitrogens is 1. The van der Waals surface area contributed by atoms with E-state index in [-0.39, 0.29) is 16.4 Å². The minimum Gasteiger partial charge on any atom is -0.478 e. The second-order valence-corrected chi connectivity index (χ2v) is 5.63. The molecule has 1 aromatic heterocycles. The Kier molecular flexibility index (Phi) is 3.45. The van der Waals surface area contributed by atoms with E-state index in [2.05, 4.69) is 14.7 Å². The van der Waals surface area contributed by atoms with Crippen LogP contribution in [-0.4, -0.2) is 29.5 Å². The summed E-state index contributed by atoms with van der Waals surface area (Å²) in [6.07, 6.45) is 2.76. The lowest BCUT2D eigenvalue weighted by Crippen LogP contribution is -2.16. The second-order valence-electron chi connectivity index (χ2n) is 3.95. The molecule has 1 heterocycles. The molecule has 20 heavy (non-hydrogen) atoms. The minimum absolute atomic E-state index is 0.0242. The summed E-state index contributed by atoms with van der Waals surface area (Å²) in [5.74, 6) is -2.53. The van der Waals surface area contributed by atoms with Gasteiger partial charge in [0.05, 0.1) is 10.5 Å². The van der Waals surface area contributed by atoms with Crippen LogP contribution in [0.15, 0.2) is 29.4 Å². The predicted octanol–water partition coefficient (Wildman–Crippen LogP) is 1.36. The number of aromatic carboxylic acids is 1. The number of nitrogens with one attached hydrogen (secondary N) is 2. The van der Waals surface area contributed by atoms with Crippen molar-refractivity contribution in [3.8, 4) is 0 Å². The molecule has 9 heteroatoms. The van der Waals surface area contributed by atoms with Gasteiger partial charge in [-0.25, -0.2) is 27.3 Å². The monoisotopic (exact) mass is 299 g/mol. The molecular formula is C11H10FN3O4S. The lowest BCUT2D eigenvalue weighted by Gasteiger charge is -2.08. The first-order valence-electron chi connectivity index (χ1n) is 5.37. The average Bonchev–Trinajstić information content (AvgIpc) is 2.83. The van der Waals surface area contributed by atoms with E-state index < -0.39 is 27.4 Å². The van der Waals surface area contributed by atoms with Crippen molar-refractivity contribution >= 4 is 21.9 Å². The molecule has 106 valence electrons. The Labute approximate surface area is 113 Å². The van der Waals surface area contributed by atoms with Gasteiger partial charge in [-0.1, -0.05) is 0 Å². The number of anilines is 1. The Balaban J connectivity index is 2.49. The van der Waals surface area contributed by atoms with Crippen LogP contribution in [0.3, 0.4) is 0 Å². The summed E-state index contributed by atoms with van der Waals surface area (Å²) < 4.78 is 39.8. The van der Waals surface area contributed by atoms with Gasteiger partial charge in [-0.05, 0) is 24.6 Å². The molecule has 0 saturated heterocycles. The van der Waals surface area contributed by atoms with Gasteiger partial charge in [0.15, 0.2) is 0 Å². The first kappa shape index (κ1) is 14.0. The lowest BCUT2D eigenvalue weighted by molar-refractivity contribution is 0.0691. The van der Waals surface area contributed by atoms with Crippen LogP contribution in [0.5, 0.6) is 0 Å². The zero-order chi connectivity index (χ0) is 14.9. The van der Waals surface area contributed by atoms with Crippen molar-refractivity contribution in [1.29, 1.82) is 0 Å². The summed E-state index contributed by atoms with van der Waals surface area (Å²) >= 11 is 0. The standard InChI is InChI=1S/C11H10FN3O4S/c1-6-4-7(5-8(9(6)12)10(16)17)20(18,19)15-11-13-2-3-14-11/h2-5H,1H3,(H,16,17)(H2,13,14,15). The van der Waals surface area contributed by atoms with Crippen LogP contribution < -0.4 is 4.72 Å². The van der Waals surface area contributed by atoms with Gasteiger partial charge in [-0.2, -0.15) is 0 Å². The summed E-state index contributed by atoms with van der Waals surface area (Å²) in [6, 6.07) is 1.81. The van der Waals surface area contributed by atoms with Crippen molar-refractivity contribution in [1.82, 2.24) is 9.97 Å². The fourth-order valence-corrected chi connectivity index (χ4v) is 2.64. The fraction of sp³-hybridized carbons (Fsp3) is 0.0909. The van der Waals surface area contributed by atoms with E-state index in [1.165, 1.54) is 19.3 Å². The Hall–Kier alpha value is -2.42. The number of carbonyl (C=O) groups is 1. The molecule has 0 saturated carbocycles. The van der Waals surface area contributed by atoms with Gasteiger partial charge in [0.1, 0.15) is 5.82 Å². The molecule has 0 aliphatic carbocycles. The fourth-order valence-electron chi connectivity index (χ4n) is 1.55. The van der Waals surface area contributed by atoms with Gasteiger partial charge < -0.3 is 10.1 Å². The number of rotatable bonds is 4. The number of imidazole rings is 1. The minimum atomic E-state index is -4.05. The third-order valence-electron chi connectivity index (χ3n) is 2.50. The van der Waals surface area contributed by atoms with Gasteiger partial charge in [-0.3, -0.25) is 0 Å². The maximum absolute atomic E-state index is 13.6. The van der Waals surface area contributed by atoms with E-state index in [1.54, 1.807) is 0 Å². The highest BCUT2D eigenvalue weighted by atomic mass is 32.2. The molecule has 0 atom stereocenters. The number of carboxylic acids is 1. The third kappa shape index (κ3) is 2.62. The molecule has 0 unspecified atom stereocenters. The Bertz CT molecular complexity index is 756. The van der Waals surface area contributed by atoms with Crippen molar-refractivity contribution in [2.24, 2.45) is 0 Å².